The Balaban J connectivity index is 1.72. The summed E-state index contributed by atoms with van der Waals surface area (Å²) >= 11 is 2.03. The summed E-state index contributed by atoms with van der Waals surface area (Å²) in [5.41, 5.74) is 0. The highest BCUT2D eigenvalue weighted by atomic mass is 32.2. The van der Waals surface area contributed by atoms with Crippen LogP contribution in [0.4, 0.5) is 0 Å². The molecule has 3 aliphatic rings. The summed E-state index contributed by atoms with van der Waals surface area (Å²) in [6, 6.07) is 0.587. The molecular weight excluding hydrogens is 280 g/mol. The van der Waals surface area contributed by atoms with E-state index in [4.69, 9.17) is 0 Å². The average Bonchev–Trinajstić information content (AvgIpc) is 3.14. The van der Waals surface area contributed by atoms with Gasteiger partial charge in [0, 0.05) is 11.8 Å². The van der Waals surface area contributed by atoms with E-state index in [0.717, 1.165) is 18.6 Å². The van der Waals surface area contributed by atoms with Crippen molar-refractivity contribution in [1.29, 1.82) is 0 Å². The maximum atomic E-state index is 12.9. The molecule has 3 unspecified atom stereocenters. The normalized spacial score (nSPS) is 34.8. The lowest BCUT2D eigenvalue weighted by atomic mass is 10.0. The van der Waals surface area contributed by atoms with Crippen LogP contribution in [0.3, 0.4) is 0 Å². The lowest BCUT2D eigenvalue weighted by Crippen LogP contribution is -2.49. The molecule has 2 aliphatic heterocycles. The van der Waals surface area contributed by atoms with Crippen molar-refractivity contribution in [2.45, 2.75) is 83.0 Å². The summed E-state index contributed by atoms with van der Waals surface area (Å²) in [5.74, 6) is 3.54. The molecular formula is C17H30N2OS. The van der Waals surface area contributed by atoms with E-state index in [2.05, 4.69) is 17.1 Å². The summed E-state index contributed by atoms with van der Waals surface area (Å²) in [6.07, 6.45) is 11.5. The van der Waals surface area contributed by atoms with E-state index in [9.17, 15) is 4.79 Å². The van der Waals surface area contributed by atoms with Crippen molar-refractivity contribution in [2.24, 2.45) is 5.92 Å². The number of thioether (sulfide) groups is 1. The smallest absolute Gasteiger partial charge is 0.241 e. The highest BCUT2D eigenvalue weighted by molar-refractivity contribution is 7.99. The minimum absolute atomic E-state index is 0.0995. The molecule has 1 amide bonds. The van der Waals surface area contributed by atoms with Gasteiger partial charge in [-0.2, -0.15) is 11.8 Å². The Hall–Kier alpha value is -0.220. The second-order valence-electron chi connectivity index (χ2n) is 6.97. The molecule has 120 valence electrons. The predicted molar refractivity (Wildman–Crippen MR) is 89.4 cm³/mol. The van der Waals surface area contributed by atoms with Crippen molar-refractivity contribution in [3.05, 3.63) is 0 Å². The maximum Gasteiger partial charge on any atom is 0.241 e. The molecule has 0 bridgehead atoms. The Labute approximate surface area is 133 Å². The van der Waals surface area contributed by atoms with Gasteiger partial charge in [0.15, 0.2) is 0 Å². The van der Waals surface area contributed by atoms with Gasteiger partial charge in [-0.25, -0.2) is 0 Å². The van der Waals surface area contributed by atoms with Crippen molar-refractivity contribution in [3.8, 4) is 0 Å². The first-order valence-corrected chi connectivity index (χ1v) is 10.1. The number of hydrogen-bond acceptors (Lipinski definition) is 3. The molecule has 3 fully saturated rings. The highest BCUT2D eigenvalue weighted by Crippen LogP contribution is 2.36. The molecule has 3 atom stereocenters. The van der Waals surface area contributed by atoms with Crippen LogP contribution in [0, 0.1) is 5.92 Å². The molecule has 1 N–H and O–H groups in total. The number of carbonyl (C=O) groups is 1. The van der Waals surface area contributed by atoms with Crippen LogP contribution in [0.5, 0.6) is 0 Å². The zero-order valence-electron chi connectivity index (χ0n) is 13.4. The van der Waals surface area contributed by atoms with Gasteiger partial charge in [-0.3, -0.25) is 10.1 Å². The second-order valence-corrected chi connectivity index (χ2v) is 8.12. The molecule has 1 aliphatic carbocycles. The van der Waals surface area contributed by atoms with Crippen LogP contribution in [0.15, 0.2) is 0 Å². The fourth-order valence-corrected chi connectivity index (χ4v) is 5.41. The minimum atomic E-state index is 0.0995. The number of hydrogen-bond donors (Lipinski definition) is 1. The van der Waals surface area contributed by atoms with Crippen LogP contribution in [0.1, 0.15) is 64.7 Å². The topological polar surface area (TPSA) is 32.3 Å². The number of rotatable bonds is 5. The van der Waals surface area contributed by atoms with Crippen LogP contribution in [-0.2, 0) is 4.79 Å². The third kappa shape index (κ3) is 3.42. The van der Waals surface area contributed by atoms with Gasteiger partial charge in [0.05, 0.1) is 12.2 Å². The number of carbonyl (C=O) groups excluding carboxylic acids is 1. The largest absolute Gasteiger partial charge is 0.322 e. The van der Waals surface area contributed by atoms with Crippen molar-refractivity contribution in [3.63, 3.8) is 0 Å². The van der Waals surface area contributed by atoms with Crippen molar-refractivity contribution in [2.75, 3.05) is 11.5 Å². The molecule has 21 heavy (non-hydrogen) atoms. The van der Waals surface area contributed by atoms with Crippen molar-refractivity contribution < 1.29 is 4.79 Å². The van der Waals surface area contributed by atoms with Gasteiger partial charge in [-0.05, 0) is 43.8 Å². The average molecular weight is 311 g/mol. The lowest BCUT2D eigenvalue weighted by Gasteiger charge is -2.37. The number of unbranched alkanes of at least 4 members (excludes halogenated alkanes) is 1. The van der Waals surface area contributed by atoms with Gasteiger partial charge in [-0.1, -0.05) is 32.6 Å². The van der Waals surface area contributed by atoms with Gasteiger partial charge < -0.3 is 4.90 Å². The van der Waals surface area contributed by atoms with E-state index in [1.54, 1.807) is 0 Å². The zero-order chi connectivity index (χ0) is 14.7. The minimum Gasteiger partial charge on any atom is -0.322 e. The van der Waals surface area contributed by atoms with Gasteiger partial charge in [0.1, 0.15) is 0 Å². The van der Waals surface area contributed by atoms with E-state index >= 15 is 0 Å². The number of nitrogens with one attached hydrogen (secondary N) is 1. The molecule has 0 aromatic heterocycles. The lowest BCUT2D eigenvalue weighted by molar-refractivity contribution is -0.132. The molecule has 1 saturated carbocycles. The fourth-order valence-electron chi connectivity index (χ4n) is 4.28. The summed E-state index contributed by atoms with van der Waals surface area (Å²) in [4.78, 5) is 15.2. The Morgan fingerprint density at radius 3 is 2.71 bits per heavy atom. The number of amides is 1. The molecule has 0 spiro atoms. The maximum absolute atomic E-state index is 12.9. The highest BCUT2D eigenvalue weighted by Gasteiger charge is 2.45. The van der Waals surface area contributed by atoms with Crippen LogP contribution < -0.4 is 5.32 Å². The van der Waals surface area contributed by atoms with E-state index in [1.807, 2.05) is 11.8 Å². The fraction of sp³-hybridized carbons (Fsp3) is 0.941. The summed E-state index contributed by atoms with van der Waals surface area (Å²) in [5, 5.41) is 3.73. The molecule has 3 rings (SSSR count). The molecule has 3 nitrogen and oxygen atoms in total. The first-order chi connectivity index (χ1) is 10.3. The van der Waals surface area contributed by atoms with Crippen molar-refractivity contribution >= 4 is 17.7 Å². The monoisotopic (exact) mass is 310 g/mol. The van der Waals surface area contributed by atoms with E-state index in [1.165, 1.54) is 50.7 Å². The van der Waals surface area contributed by atoms with Crippen LogP contribution in [0.25, 0.3) is 0 Å². The quantitative estimate of drug-likeness (QED) is 0.845. The Kier molecular flexibility index (Phi) is 5.49. The molecule has 0 aromatic rings. The van der Waals surface area contributed by atoms with E-state index in [0.29, 0.717) is 24.0 Å². The van der Waals surface area contributed by atoms with Gasteiger partial charge in [-0.15, -0.1) is 0 Å². The Bertz CT molecular complexity index is 351. The molecule has 0 radical (unpaired) electrons. The van der Waals surface area contributed by atoms with Gasteiger partial charge in [0.25, 0.3) is 0 Å². The Morgan fingerprint density at radius 1 is 1.24 bits per heavy atom. The molecule has 4 heteroatoms. The summed E-state index contributed by atoms with van der Waals surface area (Å²) in [7, 11) is 0. The zero-order valence-corrected chi connectivity index (χ0v) is 14.2. The summed E-state index contributed by atoms with van der Waals surface area (Å²) in [6.45, 7) is 2.21. The second kappa shape index (κ2) is 7.36. The van der Waals surface area contributed by atoms with E-state index < -0.39 is 0 Å². The third-order valence-corrected chi connectivity index (χ3v) is 6.64. The predicted octanol–water partition coefficient (Wildman–Crippen LogP) is 3.39. The van der Waals surface area contributed by atoms with Gasteiger partial charge in [0.2, 0.25) is 5.91 Å². The van der Waals surface area contributed by atoms with Gasteiger partial charge >= 0.3 is 0 Å². The third-order valence-electron chi connectivity index (χ3n) is 5.45. The van der Waals surface area contributed by atoms with Crippen LogP contribution in [-0.4, -0.2) is 40.6 Å². The standard InChI is InChI=1S/C17H30N2OS/c1-2-3-10-15-17(20)19(14-9-6-11-21-12-14)16(18-15)13-7-4-5-8-13/h13-16,18H,2-12H2,1H3. The summed E-state index contributed by atoms with van der Waals surface area (Å²) < 4.78 is 0. The van der Waals surface area contributed by atoms with Crippen LogP contribution in [0.2, 0.25) is 0 Å². The SMILES string of the molecule is CCCCC1NC(C2CCCC2)N(C2CCCSC2)C1=O. The number of nitrogens with zero attached hydrogens (tertiary/aromatic N) is 1. The van der Waals surface area contributed by atoms with Crippen molar-refractivity contribution in [1.82, 2.24) is 10.2 Å². The molecule has 0 aromatic carbocycles. The Morgan fingerprint density at radius 2 is 2.05 bits per heavy atom. The molecule has 2 heterocycles. The first-order valence-electron chi connectivity index (χ1n) is 8.97. The molecule has 2 saturated heterocycles. The van der Waals surface area contributed by atoms with E-state index in [-0.39, 0.29) is 6.04 Å². The first kappa shape index (κ1) is 15.7. The van der Waals surface area contributed by atoms with Crippen LogP contribution >= 0.6 is 11.8 Å².